The standard InChI is InChI=1S/C27H28N6O2S/c1-20-28-29-26(35-20)22-10-6-11-23(18-22)33-14-13-25(30-33)32(27(34)24-12-7-17-36-24)16-15-31(2)19-21-8-4-3-5-9-21/h3-14,17-18,25,30H,15-16,19H2,1-2H3. The molecule has 1 aliphatic rings. The van der Waals surface area contributed by atoms with Crippen LogP contribution in [-0.4, -0.2) is 52.2 Å². The van der Waals surface area contributed by atoms with Gasteiger partial charge in [-0.15, -0.1) is 21.5 Å². The molecule has 184 valence electrons. The van der Waals surface area contributed by atoms with Gasteiger partial charge >= 0.3 is 0 Å². The molecule has 4 aromatic rings. The molecule has 0 radical (unpaired) electrons. The van der Waals surface area contributed by atoms with Crippen LogP contribution in [-0.2, 0) is 6.54 Å². The van der Waals surface area contributed by atoms with Gasteiger partial charge in [0.05, 0.1) is 10.6 Å². The molecule has 3 heterocycles. The topological polar surface area (TPSA) is 77.7 Å². The summed E-state index contributed by atoms with van der Waals surface area (Å²) in [5.74, 6) is 1.01. The molecule has 5 rings (SSSR count). The SMILES string of the molecule is Cc1nnc(-c2cccc(N3C=CC(N(CCN(C)Cc4ccccc4)C(=O)c4cccs4)N3)c2)o1. The fraction of sp³-hybridized carbons (Fsp3) is 0.222. The molecular weight excluding hydrogens is 472 g/mol. The molecule has 1 unspecified atom stereocenters. The van der Waals surface area contributed by atoms with E-state index in [9.17, 15) is 4.79 Å². The Morgan fingerprint density at radius 3 is 2.69 bits per heavy atom. The zero-order chi connectivity index (χ0) is 24.9. The Morgan fingerprint density at radius 1 is 1.08 bits per heavy atom. The number of benzene rings is 2. The van der Waals surface area contributed by atoms with Crippen LogP contribution in [0.25, 0.3) is 11.5 Å². The predicted octanol–water partition coefficient (Wildman–Crippen LogP) is 4.55. The Kier molecular flexibility index (Phi) is 7.22. The molecule has 2 aromatic carbocycles. The normalized spacial score (nSPS) is 15.1. The summed E-state index contributed by atoms with van der Waals surface area (Å²) in [6.45, 7) is 3.91. The zero-order valence-corrected chi connectivity index (χ0v) is 21.1. The molecular formula is C27H28N6O2S. The molecule has 2 aromatic heterocycles. The van der Waals surface area contributed by atoms with E-state index in [-0.39, 0.29) is 12.1 Å². The number of hydrogen-bond donors (Lipinski definition) is 1. The molecule has 9 heteroatoms. The number of amides is 1. The summed E-state index contributed by atoms with van der Waals surface area (Å²) < 4.78 is 5.58. The number of nitrogens with one attached hydrogen (secondary N) is 1. The third-order valence-electron chi connectivity index (χ3n) is 5.93. The van der Waals surface area contributed by atoms with Gasteiger partial charge in [-0.3, -0.25) is 9.80 Å². The first kappa shape index (κ1) is 23.9. The van der Waals surface area contributed by atoms with Crippen molar-refractivity contribution in [3.8, 4) is 11.5 Å². The highest BCUT2D eigenvalue weighted by molar-refractivity contribution is 7.12. The maximum atomic E-state index is 13.4. The molecule has 36 heavy (non-hydrogen) atoms. The number of thiophene rings is 1. The van der Waals surface area contributed by atoms with Crippen molar-refractivity contribution >= 4 is 22.9 Å². The summed E-state index contributed by atoms with van der Waals surface area (Å²) in [7, 11) is 2.08. The van der Waals surface area contributed by atoms with Crippen LogP contribution >= 0.6 is 11.3 Å². The minimum absolute atomic E-state index is 0.0113. The van der Waals surface area contributed by atoms with Crippen LogP contribution in [0.4, 0.5) is 5.69 Å². The van der Waals surface area contributed by atoms with E-state index < -0.39 is 0 Å². The molecule has 1 aliphatic heterocycles. The molecule has 1 atom stereocenters. The lowest BCUT2D eigenvalue weighted by Gasteiger charge is -2.31. The van der Waals surface area contributed by atoms with Gasteiger partial charge in [-0.1, -0.05) is 42.5 Å². The highest BCUT2D eigenvalue weighted by Crippen LogP contribution is 2.26. The Morgan fingerprint density at radius 2 is 1.94 bits per heavy atom. The smallest absolute Gasteiger partial charge is 0.265 e. The van der Waals surface area contributed by atoms with Crippen molar-refractivity contribution in [3.05, 3.63) is 101 Å². The Bertz CT molecular complexity index is 1320. The lowest BCUT2D eigenvalue weighted by Crippen LogP contribution is -2.51. The van der Waals surface area contributed by atoms with Gasteiger partial charge < -0.3 is 14.2 Å². The summed E-state index contributed by atoms with van der Waals surface area (Å²) >= 11 is 1.46. The molecule has 1 N–H and O–H groups in total. The maximum Gasteiger partial charge on any atom is 0.265 e. The average molecular weight is 501 g/mol. The Hall–Kier alpha value is -3.79. The van der Waals surface area contributed by atoms with Crippen LogP contribution in [0.5, 0.6) is 0 Å². The van der Waals surface area contributed by atoms with E-state index in [1.54, 1.807) is 6.92 Å². The number of likely N-dealkylation sites (N-methyl/N-ethyl adjacent to an activating group) is 1. The predicted molar refractivity (Wildman–Crippen MR) is 141 cm³/mol. The summed E-state index contributed by atoms with van der Waals surface area (Å²) in [6.07, 6.45) is 3.68. The van der Waals surface area contributed by atoms with Gasteiger partial charge in [0.1, 0.15) is 6.17 Å². The van der Waals surface area contributed by atoms with E-state index in [0.29, 0.717) is 18.3 Å². The van der Waals surface area contributed by atoms with Gasteiger partial charge in [0, 0.05) is 38.3 Å². The van der Waals surface area contributed by atoms with Crippen molar-refractivity contribution in [3.63, 3.8) is 0 Å². The van der Waals surface area contributed by atoms with Gasteiger partial charge in [0.25, 0.3) is 5.91 Å². The fourth-order valence-corrected chi connectivity index (χ4v) is 4.77. The number of carbonyl (C=O) groups is 1. The third-order valence-corrected chi connectivity index (χ3v) is 6.79. The molecule has 0 spiro atoms. The van der Waals surface area contributed by atoms with Crippen LogP contribution in [0, 0.1) is 6.92 Å². The van der Waals surface area contributed by atoms with Crippen molar-refractivity contribution in [2.75, 3.05) is 25.1 Å². The second-order valence-electron chi connectivity index (χ2n) is 8.66. The first-order valence-electron chi connectivity index (χ1n) is 11.8. The Balaban J connectivity index is 1.29. The van der Waals surface area contributed by atoms with Crippen molar-refractivity contribution in [2.45, 2.75) is 19.6 Å². The lowest BCUT2D eigenvalue weighted by atomic mass is 10.2. The van der Waals surface area contributed by atoms with E-state index >= 15 is 0 Å². The first-order chi connectivity index (χ1) is 17.6. The van der Waals surface area contributed by atoms with Crippen LogP contribution in [0.15, 0.2) is 88.8 Å². The van der Waals surface area contributed by atoms with Crippen LogP contribution in [0.1, 0.15) is 21.1 Å². The van der Waals surface area contributed by atoms with E-state index in [1.165, 1.54) is 16.9 Å². The highest BCUT2D eigenvalue weighted by atomic mass is 32.1. The van der Waals surface area contributed by atoms with Gasteiger partial charge in [0.2, 0.25) is 11.8 Å². The highest BCUT2D eigenvalue weighted by Gasteiger charge is 2.28. The van der Waals surface area contributed by atoms with Crippen LogP contribution < -0.4 is 10.4 Å². The number of hydrazine groups is 1. The van der Waals surface area contributed by atoms with Gasteiger partial charge in [-0.05, 0) is 48.3 Å². The number of hydrogen-bond acceptors (Lipinski definition) is 8. The minimum atomic E-state index is -0.279. The number of aromatic nitrogens is 2. The third kappa shape index (κ3) is 5.54. The van der Waals surface area contributed by atoms with Gasteiger partial charge in [0.15, 0.2) is 0 Å². The van der Waals surface area contributed by atoms with Crippen molar-refractivity contribution < 1.29 is 9.21 Å². The second kappa shape index (κ2) is 10.9. The van der Waals surface area contributed by atoms with Crippen molar-refractivity contribution in [2.24, 2.45) is 0 Å². The van der Waals surface area contributed by atoms with Gasteiger partial charge in [-0.25, -0.2) is 5.43 Å². The molecule has 0 fully saturated rings. The fourth-order valence-electron chi connectivity index (χ4n) is 4.09. The molecule has 0 saturated carbocycles. The van der Waals surface area contributed by atoms with E-state index in [4.69, 9.17) is 4.42 Å². The summed E-state index contributed by atoms with van der Waals surface area (Å²) in [4.78, 5) is 18.3. The maximum absolute atomic E-state index is 13.4. The number of carbonyl (C=O) groups excluding carboxylic acids is 1. The number of nitrogens with zero attached hydrogens (tertiary/aromatic N) is 5. The molecule has 1 amide bonds. The van der Waals surface area contributed by atoms with Crippen molar-refractivity contribution in [1.82, 2.24) is 25.4 Å². The number of rotatable bonds is 9. The second-order valence-corrected chi connectivity index (χ2v) is 9.61. The average Bonchev–Trinajstić information content (AvgIpc) is 3.67. The molecule has 0 bridgehead atoms. The molecule has 0 saturated heterocycles. The summed E-state index contributed by atoms with van der Waals surface area (Å²) in [6, 6.07) is 22.0. The number of aryl methyl sites for hydroxylation is 1. The minimum Gasteiger partial charge on any atom is -0.421 e. The first-order valence-corrected chi connectivity index (χ1v) is 12.7. The quantitative estimate of drug-likeness (QED) is 0.361. The largest absolute Gasteiger partial charge is 0.421 e. The van der Waals surface area contributed by atoms with Gasteiger partial charge in [-0.2, -0.15) is 0 Å². The number of anilines is 1. The van der Waals surface area contributed by atoms with Crippen molar-refractivity contribution in [1.29, 1.82) is 0 Å². The molecule has 8 nitrogen and oxygen atoms in total. The Labute approximate surface area is 214 Å². The lowest BCUT2D eigenvalue weighted by molar-refractivity contribution is 0.0678. The van der Waals surface area contributed by atoms with E-state index in [1.807, 2.05) is 82.2 Å². The van der Waals surface area contributed by atoms with Crippen LogP contribution in [0.2, 0.25) is 0 Å². The van der Waals surface area contributed by atoms with E-state index in [2.05, 4.69) is 39.7 Å². The zero-order valence-electron chi connectivity index (χ0n) is 20.2. The summed E-state index contributed by atoms with van der Waals surface area (Å²) in [5, 5.41) is 11.9. The van der Waals surface area contributed by atoms with Crippen LogP contribution in [0.3, 0.4) is 0 Å². The monoisotopic (exact) mass is 500 g/mol. The summed E-state index contributed by atoms with van der Waals surface area (Å²) in [5.41, 5.74) is 6.45. The molecule has 0 aliphatic carbocycles. The van der Waals surface area contributed by atoms with E-state index in [0.717, 1.165) is 29.2 Å².